The van der Waals surface area contributed by atoms with Crippen LogP contribution in [0.25, 0.3) is 0 Å². The maximum atomic E-state index is 13.0. The Kier molecular flexibility index (Phi) is 4.38. The Morgan fingerprint density at radius 1 is 1.18 bits per heavy atom. The minimum Gasteiger partial charge on any atom is -0.464 e. The number of imidazole rings is 1. The Morgan fingerprint density at radius 3 is 2.57 bits per heavy atom. The Morgan fingerprint density at radius 2 is 1.93 bits per heavy atom. The lowest BCUT2D eigenvalue weighted by atomic mass is 10.0. The van der Waals surface area contributed by atoms with Crippen LogP contribution in [0.3, 0.4) is 0 Å². The molecular weight excluding hydrogens is 384 g/mol. The smallest absolute Gasteiger partial charge is 0.264 e. The van der Waals surface area contributed by atoms with Crippen LogP contribution in [0.15, 0.2) is 23.5 Å². The topological polar surface area (TPSA) is 111 Å². The van der Waals surface area contributed by atoms with Gasteiger partial charge in [0.05, 0.1) is 6.04 Å². The standard InChI is InChI=1S/C17H22N6O4S/c1-10-18-6-5-14(19-10)27-16-12-7-23(8-13(12)22(4)17(16)24)28(25,26)15-9-21(3)11(2)20-15/h5-6,9,12-13,16H,7-8H2,1-4H3/t12-,13+,16-/m0/s1. The number of rotatable bonds is 4. The average molecular weight is 406 g/mol. The molecule has 0 bridgehead atoms. The van der Waals surface area contributed by atoms with Crippen LogP contribution < -0.4 is 4.74 Å². The summed E-state index contributed by atoms with van der Waals surface area (Å²) in [5, 5.41) is 0.0188. The molecule has 0 N–H and O–H groups in total. The van der Waals surface area contributed by atoms with E-state index in [0.717, 1.165) is 0 Å². The fourth-order valence-corrected chi connectivity index (χ4v) is 5.30. The highest BCUT2D eigenvalue weighted by Crippen LogP contribution is 2.36. The third-order valence-corrected chi connectivity index (χ3v) is 7.17. The first-order valence-electron chi connectivity index (χ1n) is 8.91. The molecule has 0 radical (unpaired) electrons. The van der Waals surface area contributed by atoms with E-state index in [9.17, 15) is 13.2 Å². The summed E-state index contributed by atoms with van der Waals surface area (Å²) in [6, 6.07) is 1.34. The average Bonchev–Trinajstić information content (AvgIpc) is 3.28. The lowest BCUT2D eigenvalue weighted by Crippen LogP contribution is -2.40. The predicted molar refractivity (Wildman–Crippen MR) is 97.9 cm³/mol. The molecule has 2 aromatic heterocycles. The van der Waals surface area contributed by atoms with Gasteiger partial charge >= 0.3 is 0 Å². The van der Waals surface area contributed by atoms with E-state index in [4.69, 9.17) is 4.74 Å². The van der Waals surface area contributed by atoms with Crippen molar-refractivity contribution in [2.45, 2.75) is 31.0 Å². The number of nitrogens with zero attached hydrogens (tertiary/aromatic N) is 6. The van der Waals surface area contributed by atoms with Crippen molar-refractivity contribution < 1.29 is 17.9 Å². The van der Waals surface area contributed by atoms with Gasteiger partial charge in [-0.25, -0.2) is 18.4 Å². The molecule has 11 heteroatoms. The number of aryl methyl sites for hydroxylation is 3. The van der Waals surface area contributed by atoms with Gasteiger partial charge in [0.25, 0.3) is 15.9 Å². The number of carbonyl (C=O) groups excluding carboxylic acids is 1. The Bertz CT molecular complexity index is 1020. The molecule has 4 heterocycles. The molecular formula is C17H22N6O4S. The number of hydrogen-bond acceptors (Lipinski definition) is 7. The number of likely N-dealkylation sites (N-methyl/N-ethyl adjacent to an activating group) is 1. The molecule has 3 atom stereocenters. The van der Waals surface area contributed by atoms with Crippen molar-refractivity contribution >= 4 is 15.9 Å². The molecule has 150 valence electrons. The largest absolute Gasteiger partial charge is 0.464 e. The molecule has 1 amide bonds. The molecule has 2 aliphatic rings. The van der Waals surface area contributed by atoms with Crippen molar-refractivity contribution in [2.75, 3.05) is 20.1 Å². The van der Waals surface area contributed by atoms with Crippen LogP contribution in [0.2, 0.25) is 0 Å². The first kappa shape index (κ1) is 18.8. The van der Waals surface area contributed by atoms with Crippen LogP contribution in [0, 0.1) is 19.8 Å². The van der Waals surface area contributed by atoms with Crippen molar-refractivity contribution in [2.24, 2.45) is 13.0 Å². The van der Waals surface area contributed by atoms with Crippen LogP contribution >= 0.6 is 0 Å². The van der Waals surface area contributed by atoms with Crippen LogP contribution in [0.1, 0.15) is 11.6 Å². The van der Waals surface area contributed by atoms with Crippen molar-refractivity contribution in [3.8, 4) is 5.88 Å². The summed E-state index contributed by atoms with van der Waals surface area (Å²) in [6.45, 7) is 3.88. The summed E-state index contributed by atoms with van der Waals surface area (Å²) in [6.07, 6.45) is 2.29. The van der Waals surface area contributed by atoms with E-state index < -0.39 is 16.1 Å². The SMILES string of the molecule is Cc1nccc(O[C@@H]2C(=O)N(C)[C@@H]3CN(S(=O)(=O)c4cn(C)c(C)n4)C[C@H]23)n1. The van der Waals surface area contributed by atoms with E-state index in [0.29, 0.717) is 17.5 Å². The summed E-state index contributed by atoms with van der Waals surface area (Å²) in [7, 11) is -0.318. The maximum absolute atomic E-state index is 13.0. The summed E-state index contributed by atoms with van der Waals surface area (Å²) in [4.78, 5) is 26.6. The molecule has 2 saturated heterocycles. The quantitative estimate of drug-likeness (QED) is 0.688. The van der Waals surface area contributed by atoms with Crippen molar-refractivity contribution in [3.05, 3.63) is 30.1 Å². The Labute approximate surface area is 163 Å². The van der Waals surface area contributed by atoms with Crippen molar-refractivity contribution in [3.63, 3.8) is 0 Å². The fraction of sp³-hybridized carbons (Fsp3) is 0.529. The van der Waals surface area contributed by atoms with Gasteiger partial charge in [-0.3, -0.25) is 4.79 Å². The van der Waals surface area contributed by atoms with Crippen LogP contribution in [0.5, 0.6) is 5.88 Å². The number of aromatic nitrogens is 4. The minimum absolute atomic E-state index is 0.0188. The Hall–Kier alpha value is -2.53. The van der Waals surface area contributed by atoms with Gasteiger partial charge < -0.3 is 14.2 Å². The van der Waals surface area contributed by atoms with Crippen molar-refractivity contribution in [1.29, 1.82) is 0 Å². The zero-order valence-corrected chi connectivity index (χ0v) is 16.9. The monoisotopic (exact) mass is 406 g/mol. The highest BCUT2D eigenvalue weighted by molar-refractivity contribution is 7.89. The highest BCUT2D eigenvalue weighted by Gasteiger charge is 2.55. The number of hydrogen-bond donors (Lipinski definition) is 0. The molecule has 2 aliphatic heterocycles. The van der Waals surface area contributed by atoms with E-state index in [1.165, 1.54) is 10.5 Å². The molecule has 4 rings (SSSR count). The number of sulfonamides is 1. The van der Waals surface area contributed by atoms with Crippen LogP contribution in [-0.2, 0) is 21.9 Å². The van der Waals surface area contributed by atoms with E-state index in [2.05, 4.69) is 15.0 Å². The van der Waals surface area contributed by atoms with Gasteiger partial charge in [0, 0.05) is 51.6 Å². The van der Waals surface area contributed by atoms with Crippen LogP contribution in [0.4, 0.5) is 0 Å². The lowest BCUT2D eigenvalue weighted by Gasteiger charge is -2.21. The molecule has 10 nitrogen and oxygen atoms in total. The third kappa shape index (κ3) is 2.94. The van der Waals surface area contributed by atoms with Gasteiger partial charge in [-0.05, 0) is 13.8 Å². The molecule has 2 fully saturated rings. The molecule has 0 unspecified atom stereocenters. The zero-order chi connectivity index (χ0) is 20.2. The first-order valence-corrected chi connectivity index (χ1v) is 10.4. The number of fused-ring (bicyclic) bond motifs is 1. The third-order valence-electron chi connectivity index (χ3n) is 5.47. The van der Waals surface area contributed by atoms with E-state index in [-0.39, 0.29) is 36.0 Å². The molecule has 0 saturated carbocycles. The molecule has 2 aromatic rings. The van der Waals surface area contributed by atoms with Crippen molar-refractivity contribution in [1.82, 2.24) is 28.7 Å². The van der Waals surface area contributed by atoms with Gasteiger partial charge in [0.2, 0.25) is 5.88 Å². The van der Waals surface area contributed by atoms with Gasteiger partial charge in [0.1, 0.15) is 11.6 Å². The second-order valence-corrected chi connectivity index (χ2v) is 9.10. The second-order valence-electron chi connectivity index (χ2n) is 7.22. The fourth-order valence-electron chi connectivity index (χ4n) is 3.78. The number of carbonyl (C=O) groups is 1. The van der Waals surface area contributed by atoms with Gasteiger partial charge in [0.15, 0.2) is 11.1 Å². The summed E-state index contributed by atoms with van der Waals surface area (Å²) in [5.41, 5.74) is 0. The Balaban J connectivity index is 1.59. The minimum atomic E-state index is -3.74. The number of likely N-dealkylation sites (tertiary alicyclic amines) is 1. The molecule has 0 aliphatic carbocycles. The lowest BCUT2D eigenvalue weighted by molar-refractivity contribution is -0.133. The van der Waals surface area contributed by atoms with E-state index >= 15 is 0 Å². The first-order chi connectivity index (χ1) is 13.2. The zero-order valence-electron chi connectivity index (χ0n) is 16.1. The highest BCUT2D eigenvalue weighted by atomic mass is 32.2. The second kappa shape index (κ2) is 6.52. The number of amides is 1. The summed E-state index contributed by atoms with van der Waals surface area (Å²) in [5.74, 6) is 1.01. The summed E-state index contributed by atoms with van der Waals surface area (Å²) >= 11 is 0. The maximum Gasteiger partial charge on any atom is 0.264 e. The number of ether oxygens (including phenoxy) is 1. The summed E-state index contributed by atoms with van der Waals surface area (Å²) < 4.78 is 34.9. The van der Waals surface area contributed by atoms with Gasteiger partial charge in [-0.2, -0.15) is 9.29 Å². The molecule has 0 aromatic carbocycles. The van der Waals surface area contributed by atoms with Gasteiger partial charge in [-0.1, -0.05) is 0 Å². The predicted octanol–water partition coefficient (Wildman–Crippen LogP) is -0.264. The normalized spacial score (nSPS) is 25.4. The van der Waals surface area contributed by atoms with Crippen LogP contribution in [-0.4, -0.2) is 75.3 Å². The van der Waals surface area contributed by atoms with E-state index in [1.807, 2.05) is 0 Å². The van der Waals surface area contributed by atoms with E-state index in [1.54, 1.807) is 49.7 Å². The van der Waals surface area contributed by atoms with Gasteiger partial charge in [-0.15, -0.1) is 0 Å². The molecule has 0 spiro atoms. The molecule has 28 heavy (non-hydrogen) atoms.